The van der Waals surface area contributed by atoms with E-state index >= 15 is 0 Å². The van der Waals surface area contributed by atoms with Crippen LogP contribution in [-0.4, -0.2) is 26.0 Å². The number of imidazole rings is 1. The van der Waals surface area contributed by atoms with Crippen molar-refractivity contribution in [1.82, 2.24) is 19.9 Å². The first-order valence-corrected chi connectivity index (χ1v) is 5.80. The number of aromatic nitrogens is 4. The molecule has 7 nitrogen and oxygen atoms in total. The average Bonchev–Trinajstić information content (AvgIpc) is 2.92. The van der Waals surface area contributed by atoms with Crippen LogP contribution in [0.3, 0.4) is 0 Å². The third kappa shape index (κ3) is 2.61. The van der Waals surface area contributed by atoms with Crippen LogP contribution in [0.5, 0.6) is 0 Å². The average molecular weight is 290 g/mol. The van der Waals surface area contributed by atoms with Gasteiger partial charge in [-0.05, 0) is 12.1 Å². The largest absolute Gasteiger partial charge is 0.340 e. The second-order valence-corrected chi connectivity index (χ2v) is 4.03. The van der Waals surface area contributed by atoms with Gasteiger partial charge in [0.2, 0.25) is 0 Å². The maximum Gasteiger partial charge on any atom is 0.324 e. The first-order valence-electron chi connectivity index (χ1n) is 5.80. The summed E-state index contributed by atoms with van der Waals surface area (Å²) in [5.41, 5.74) is 0.965. The number of hydrogen-bond acceptors (Lipinski definition) is 4. The predicted octanol–water partition coefficient (Wildman–Crippen LogP) is 2.28. The van der Waals surface area contributed by atoms with Gasteiger partial charge in [-0.3, -0.25) is 5.32 Å². The molecule has 0 radical (unpaired) electrons. The first-order chi connectivity index (χ1) is 10.1. The Bertz CT molecular complexity index is 818. The number of halogens is 2. The van der Waals surface area contributed by atoms with Crippen LogP contribution in [0.15, 0.2) is 30.9 Å². The molecule has 0 aliphatic heterocycles. The van der Waals surface area contributed by atoms with Gasteiger partial charge in [-0.15, -0.1) is 0 Å². The third-order valence-electron chi connectivity index (χ3n) is 2.63. The number of hydrogen-bond donors (Lipinski definition) is 3. The van der Waals surface area contributed by atoms with Gasteiger partial charge in [0.1, 0.15) is 11.8 Å². The number of nitrogens with one attached hydrogen (secondary N) is 3. The van der Waals surface area contributed by atoms with Crippen molar-refractivity contribution in [2.75, 3.05) is 10.6 Å². The fraction of sp³-hybridized carbons (Fsp3) is 0. The molecule has 0 atom stereocenters. The molecule has 0 bridgehead atoms. The van der Waals surface area contributed by atoms with Crippen molar-refractivity contribution in [3.8, 4) is 0 Å². The van der Waals surface area contributed by atoms with Crippen LogP contribution in [0.1, 0.15) is 0 Å². The molecule has 9 heteroatoms. The van der Waals surface area contributed by atoms with Gasteiger partial charge < -0.3 is 10.3 Å². The Balaban J connectivity index is 1.77. The number of H-pyrrole nitrogens is 1. The van der Waals surface area contributed by atoms with Gasteiger partial charge >= 0.3 is 6.03 Å². The van der Waals surface area contributed by atoms with Crippen molar-refractivity contribution in [3.05, 3.63) is 42.5 Å². The number of amides is 2. The molecule has 3 aromatic rings. The highest BCUT2D eigenvalue weighted by Gasteiger charge is 2.10. The Hall–Kier alpha value is -3.10. The molecule has 0 unspecified atom stereocenters. The predicted molar refractivity (Wildman–Crippen MR) is 70.7 cm³/mol. The monoisotopic (exact) mass is 290 g/mol. The van der Waals surface area contributed by atoms with E-state index in [4.69, 9.17) is 0 Å². The van der Waals surface area contributed by atoms with Crippen LogP contribution in [0.2, 0.25) is 0 Å². The highest BCUT2D eigenvalue weighted by atomic mass is 19.2. The van der Waals surface area contributed by atoms with Crippen LogP contribution in [0, 0.1) is 11.6 Å². The van der Waals surface area contributed by atoms with Crippen LogP contribution < -0.4 is 10.6 Å². The van der Waals surface area contributed by atoms with Crippen molar-refractivity contribution in [2.24, 2.45) is 0 Å². The minimum absolute atomic E-state index is 0.112. The highest BCUT2D eigenvalue weighted by molar-refractivity contribution is 6.02. The number of carbonyl (C=O) groups excluding carboxylic acids is 1. The number of urea groups is 1. The Labute approximate surface area is 116 Å². The molecule has 106 valence electrons. The van der Waals surface area contributed by atoms with Gasteiger partial charge in [-0.25, -0.2) is 28.5 Å². The summed E-state index contributed by atoms with van der Waals surface area (Å²) in [5.74, 6) is -1.82. The van der Waals surface area contributed by atoms with E-state index in [2.05, 4.69) is 30.6 Å². The van der Waals surface area contributed by atoms with Gasteiger partial charge in [-0.2, -0.15) is 0 Å². The first kappa shape index (κ1) is 12.9. The summed E-state index contributed by atoms with van der Waals surface area (Å²) in [6.45, 7) is 0. The second-order valence-electron chi connectivity index (χ2n) is 4.03. The molecule has 2 aromatic heterocycles. The number of benzene rings is 1. The molecular weight excluding hydrogens is 282 g/mol. The summed E-state index contributed by atoms with van der Waals surface area (Å²) < 4.78 is 25.8. The molecule has 2 amide bonds. The molecule has 0 spiro atoms. The Kier molecular flexibility index (Phi) is 3.14. The van der Waals surface area contributed by atoms with Gasteiger partial charge in [0.25, 0.3) is 0 Å². The smallest absolute Gasteiger partial charge is 0.324 e. The summed E-state index contributed by atoms with van der Waals surface area (Å²) in [5, 5.41) is 4.83. The normalized spacial score (nSPS) is 10.6. The maximum absolute atomic E-state index is 13.0. The van der Waals surface area contributed by atoms with E-state index in [0.717, 1.165) is 12.1 Å². The Morgan fingerprint density at radius 2 is 1.95 bits per heavy atom. The number of rotatable bonds is 2. The molecule has 0 saturated heterocycles. The molecule has 21 heavy (non-hydrogen) atoms. The van der Waals surface area contributed by atoms with E-state index in [9.17, 15) is 13.6 Å². The summed E-state index contributed by atoms with van der Waals surface area (Å²) in [6, 6.07) is 2.38. The highest BCUT2D eigenvalue weighted by Crippen LogP contribution is 2.16. The molecule has 0 fully saturated rings. The molecule has 0 aliphatic carbocycles. The quantitative estimate of drug-likeness (QED) is 0.674. The number of fused-ring (bicyclic) bond motifs is 1. The number of aromatic amines is 1. The fourth-order valence-electron chi connectivity index (χ4n) is 1.70. The van der Waals surface area contributed by atoms with Crippen LogP contribution in [0.4, 0.5) is 25.1 Å². The van der Waals surface area contributed by atoms with Crippen molar-refractivity contribution in [3.63, 3.8) is 0 Å². The zero-order valence-corrected chi connectivity index (χ0v) is 10.4. The molecule has 3 rings (SSSR count). The third-order valence-corrected chi connectivity index (χ3v) is 2.63. The van der Waals surface area contributed by atoms with Crippen molar-refractivity contribution >= 4 is 28.7 Å². The summed E-state index contributed by atoms with van der Waals surface area (Å²) in [7, 11) is 0. The van der Waals surface area contributed by atoms with E-state index < -0.39 is 17.7 Å². The lowest BCUT2D eigenvalue weighted by molar-refractivity contribution is 0.262. The molecule has 1 aromatic carbocycles. The number of nitrogens with zero attached hydrogens (tertiary/aromatic N) is 3. The van der Waals surface area contributed by atoms with E-state index in [1.54, 1.807) is 0 Å². The SMILES string of the molecule is O=C(Nc1ccc(F)c(F)c1)Nc1ncnc2nc[nH]c12. The summed E-state index contributed by atoms with van der Waals surface area (Å²) >= 11 is 0. The Morgan fingerprint density at radius 3 is 2.76 bits per heavy atom. The van der Waals surface area contributed by atoms with E-state index in [0.29, 0.717) is 11.2 Å². The lowest BCUT2D eigenvalue weighted by atomic mass is 10.3. The standard InChI is InChI=1S/C12H8F2N6O/c13-7-2-1-6(3-8(7)14)19-12(21)20-11-9-10(16-4-15-9)17-5-18-11/h1-5H,(H3,15,16,17,18,19,20,21). The van der Waals surface area contributed by atoms with Crippen LogP contribution in [-0.2, 0) is 0 Å². The molecule has 0 aliphatic rings. The second kappa shape index (κ2) is 5.12. The number of anilines is 2. The fourth-order valence-corrected chi connectivity index (χ4v) is 1.70. The minimum atomic E-state index is -1.05. The summed E-state index contributed by atoms with van der Waals surface area (Å²) in [6.07, 6.45) is 2.66. The van der Waals surface area contributed by atoms with Gasteiger partial charge in [0.05, 0.1) is 6.33 Å². The lowest BCUT2D eigenvalue weighted by Crippen LogP contribution is -2.20. The zero-order chi connectivity index (χ0) is 14.8. The summed E-state index contributed by atoms with van der Waals surface area (Å²) in [4.78, 5) is 26.3. The van der Waals surface area contributed by atoms with E-state index in [1.807, 2.05) is 0 Å². The van der Waals surface area contributed by atoms with Crippen molar-refractivity contribution in [2.45, 2.75) is 0 Å². The maximum atomic E-state index is 13.0. The van der Waals surface area contributed by atoms with Crippen LogP contribution >= 0.6 is 0 Å². The van der Waals surface area contributed by atoms with Gasteiger partial charge in [0, 0.05) is 11.8 Å². The minimum Gasteiger partial charge on any atom is -0.340 e. The molecule has 3 N–H and O–H groups in total. The Morgan fingerprint density at radius 1 is 1.10 bits per heavy atom. The van der Waals surface area contributed by atoms with Gasteiger partial charge in [-0.1, -0.05) is 0 Å². The molecule has 2 heterocycles. The van der Waals surface area contributed by atoms with E-state index in [-0.39, 0.29) is 11.5 Å². The zero-order valence-electron chi connectivity index (χ0n) is 10.4. The molecule has 0 saturated carbocycles. The topological polar surface area (TPSA) is 95.6 Å². The molecular formula is C12H8F2N6O. The van der Waals surface area contributed by atoms with Crippen LogP contribution in [0.25, 0.3) is 11.2 Å². The van der Waals surface area contributed by atoms with E-state index in [1.165, 1.54) is 18.7 Å². The van der Waals surface area contributed by atoms with Gasteiger partial charge in [0.15, 0.2) is 23.1 Å². The van der Waals surface area contributed by atoms with Crippen molar-refractivity contribution in [1.29, 1.82) is 0 Å². The lowest BCUT2D eigenvalue weighted by Gasteiger charge is -2.07. The van der Waals surface area contributed by atoms with Crippen molar-refractivity contribution < 1.29 is 13.6 Å². The number of carbonyl (C=O) groups is 1.